The van der Waals surface area contributed by atoms with Crippen molar-refractivity contribution in [2.24, 2.45) is 9.98 Å². The van der Waals surface area contributed by atoms with Gasteiger partial charge < -0.3 is 15.2 Å². The van der Waals surface area contributed by atoms with Crippen LogP contribution in [0.1, 0.15) is 11.1 Å². The number of aliphatic imine (C=N–C) groups is 2. The summed E-state index contributed by atoms with van der Waals surface area (Å²) in [5, 5.41) is 10.8. The van der Waals surface area contributed by atoms with Crippen molar-refractivity contribution in [1.82, 2.24) is 15.8 Å². The van der Waals surface area contributed by atoms with Gasteiger partial charge in [-0.3, -0.25) is 9.98 Å². The van der Waals surface area contributed by atoms with Gasteiger partial charge in [-0.25, -0.2) is 0 Å². The Labute approximate surface area is 181 Å². The normalized spacial score (nSPS) is 14.8. The maximum atomic E-state index is 5.57. The molecule has 0 aliphatic carbocycles. The summed E-state index contributed by atoms with van der Waals surface area (Å²) in [4.78, 5) is 8.89. The van der Waals surface area contributed by atoms with Gasteiger partial charge in [0.05, 0.1) is 13.1 Å². The first kappa shape index (κ1) is 20.9. The first-order valence-corrected chi connectivity index (χ1v) is 9.12. The van der Waals surface area contributed by atoms with Gasteiger partial charge in [0, 0.05) is 41.4 Å². The van der Waals surface area contributed by atoms with Gasteiger partial charge in [-0.2, -0.15) is 0 Å². The predicted octanol–water partition coefficient (Wildman–Crippen LogP) is 3.55. The molecule has 1 aromatic heterocycles. The Morgan fingerprint density at radius 1 is 0.655 bits per heavy atom. The second-order valence-corrected chi connectivity index (χ2v) is 6.55. The van der Waals surface area contributed by atoms with Crippen LogP contribution in [0.3, 0.4) is 0 Å². The van der Waals surface area contributed by atoms with E-state index in [4.69, 9.17) is 4.52 Å². The predicted molar refractivity (Wildman–Crippen MR) is 121 cm³/mol. The number of nitrogens with one attached hydrogen (secondary N) is 2. The second-order valence-electron chi connectivity index (χ2n) is 6.55. The topological polar surface area (TPSA) is 74.8 Å². The molecule has 0 radical (unpaired) electrons. The maximum absolute atomic E-state index is 5.57. The van der Waals surface area contributed by atoms with Crippen LogP contribution in [0, 0.1) is 0 Å². The van der Waals surface area contributed by atoms with Crippen LogP contribution in [0.5, 0.6) is 0 Å². The molecule has 3 heterocycles. The van der Waals surface area contributed by atoms with E-state index in [0.717, 1.165) is 71.6 Å². The molecule has 0 fully saturated rings. The van der Waals surface area contributed by atoms with Crippen molar-refractivity contribution >= 4 is 36.5 Å². The number of benzene rings is 2. The van der Waals surface area contributed by atoms with E-state index in [-0.39, 0.29) is 24.8 Å². The molecule has 0 bridgehead atoms. The third-order valence-electron chi connectivity index (χ3n) is 4.76. The number of hydrogen-bond acceptors (Lipinski definition) is 6. The van der Waals surface area contributed by atoms with Crippen molar-refractivity contribution in [1.29, 1.82) is 0 Å². The van der Waals surface area contributed by atoms with Crippen molar-refractivity contribution in [2.45, 2.75) is 0 Å². The van der Waals surface area contributed by atoms with E-state index in [9.17, 15) is 0 Å². The van der Waals surface area contributed by atoms with Crippen molar-refractivity contribution in [3.63, 3.8) is 0 Å². The quantitative estimate of drug-likeness (QED) is 0.664. The summed E-state index contributed by atoms with van der Waals surface area (Å²) in [5.41, 5.74) is 5.03. The lowest BCUT2D eigenvalue weighted by Gasteiger charge is -2.03. The number of aromatic nitrogens is 1. The molecule has 5 rings (SSSR count). The van der Waals surface area contributed by atoms with E-state index in [1.54, 1.807) is 0 Å². The zero-order valence-corrected chi connectivity index (χ0v) is 17.2. The number of halogens is 2. The Morgan fingerprint density at radius 3 is 1.62 bits per heavy atom. The van der Waals surface area contributed by atoms with Gasteiger partial charge in [0.25, 0.3) is 0 Å². The smallest absolute Gasteiger partial charge is 0.167 e. The molecule has 0 saturated carbocycles. The van der Waals surface area contributed by atoms with Gasteiger partial charge in [0.2, 0.25) is 0 Å². The Bertz CT molecular complexity index is 944. The van der Waals surface area contributed by atoms with E-state index in [1.807, 2.05) is 30.3 Å². The highest BCUT2D eigenvalue weighted by molar-refractivity contribution is 6.00. The molecule has 0 unspecified atom stereocenters. The van der Waals surface area contributed by atoms with Gasteiger partial charge in [-0.15, -0.1) is 24.8 Å². The van der Waals surface area contributed by atoms with E-state index < -0.39 is 0 Å². The molecular formula is C21H21Cl2N5O. The van der Waals surface area contributed by atoms with Crippen LogP contribution in [-0.4, -0.2) is 43.0 Å². The second kappa shape index (κ2) is 9.11. The Hall–Kier alpha value is -2.83. The minimum atomic E-state index is 0. The van der Waals surface area contributed by atoms with E-state index in [2.05, 4.69) is 50.0 Å². The summed E-state index contributed by atoms with van der Waals surface area (Å²) < 4.78 is 5.57. The molecule has 2 aliphatic rings. The summed E-state index contributed by atoms with van der Waals surface area (Å²) in [6, 6.07) is 18.4. The summed E-state index contributed by atoms with van der Waals surface area (Å²) in [7, 11) is 0. The lowest BCUT2D eigenvalue weighted by atomic mass is 10.1. The Morgan fingerprint density at radius 2 is 1.14 bits per heavy atom. The molecular weight excluding hydrogens is 409 g/mol. The van der Waals surface area contributed by atoms with E-state index in [1.165, 1.54) is 0 Å². The molecule has 29 heavy (non-hydrogen) atoms. The number of amidine groups is 2. The SMILES string of the molecule is Cl.Cl.c1cc(-c2cc(-c3ccc(C4=NCCN4)cc3)on2)ccc1C1=NCCN1. The number of nitrogens with zero attached hydrogens (tertiary/aromatic N) is 3. The minimum absolute atomic E-state index is 0. The summed E-state index contributed by atoms with van der Waals surface area (Å²) >= 11 is 0. The third kappa shape index (κ3) is 4.28. The molecule has 0 saturated heterocycles. The zero-order valence-electron chi connectivity index (χ0n) is 15.6. The van der Waals surface area contributed by atoms with Gasteiger partial charge in [0.1, 0.15) is 17.4 Å². The molecule has 3 aromatic rings. The molecule has 2 aromatic carbocycles. The largest absolute Gasteiger partial charge is 0.368 e. The Kier molecular flexibility index (Phi) is 6.56. The molecule has 0 atom stereocenters. The van der Waals surface area contributed by atoms with E-state index in [0.29, 0.717) is 0 Å². The van der Waals surface area contributed by atoms with E-state index >= 15 is 0 Å². The van der Waals surface area contributed by atoms with Crippen molar-refractivity contribution in [3.8, 4) is 22.6 Å². The van der Waals surface area contributed by atoms with Gasteiger partial charge >= 0.3 is 0 Å². The fourth-order valence-corrected chi connectivity index (χ4v) is 3.32. The molecule has 0 amide bonds. The molecule has 0 spiro atoms. The van der Waals surface area contributed by atoms with Crippen LogP contribution in [0.4, 0.5) is 0 Å². The van der Waals surface area contributed by atoms with Crippen LogP contribution in [0.15, 0.2) is 69.1 Å². The molecule has 8 heteroatoms. The van der Waals surface area contributed by atoms with Crippen molar-refractivity contribution in [2.75, 3.05) is 26.2 Å². The summed E-state index contributed by atoms with van der Waals surface area (Å²) in [6.45, 7) is 3.49. The van der Waals surface area contributed by atoms with Crippen LogP contribution < -0.4 is 10.6 Å². The summed E-state index contributed by atoms with van der Waals surface area (Å²) in [5.74, 6) is 2.67. The molecule has 2 N–H and O–H groups in total. The van der Waals surface area contributed by atoms with Crippen LogP contribution in [0.2, 0.25) is 0 Å². The highest BCUT2D eigenvalue weighted by atomic mass is 35.5. The Balaban J connectivity index is 0.00000120. The highest BCUT2D eigenvalue weighted by Gasteiger charge is 2.12. The zero-order chi connectivity index (χ0) is 18.1. The molecule has 2 aliphatic heterocycles. The fraction of sp³-hybridized carbons (Fsp3) is 0.190. The third-order valence-corrected chi connectivity index (χ3v) is 4.76. The van der Waals surface area contributed by atoms with Crippen LogP contribution in [-0.2, 0) is 0 Å². The molecule has 150 valence electrons. The van der Waals surface area contributed by atoms with Gasteiger partial charge in [-0.1, -0.05) is 53.7 Å². The van der Waals surface area contributed by atoms with Gasteiger partial charge in [-0.05, 0) is 0 Å². The van der Waals surface area contributed by atoms with Crippen molar-refractivity contribution < 1.29 is 4.52 Å². The first-order chi connectivity index (χ1) is 13.4. The lowest BCUT2D eigenvalue weighted by Crippen LogP contribution is -2.19. The first-order valence-electron chi connectivity index (χ1n) is 9.12. The van der Waals surface area contributed by atoms with Crippen LogP contribution in [0.25, 0.3) is 22.6 Å². The number of hydrogen-bond donors (Lipinski definition) is 2. The number of rotatable bonds is 4. The van der Waals surface area contributed by atoms with Gasteiger partial charge in [0.15, 0.2) is 5.76 Å². The monoisotopic (exact) mass is 429 g/mol. The lowest BCUT2D eigenvalue weighted by molar-refractivity contribution is 0.435. The molecule has 6 nitrogen and oxygen atoms in total. The summed E-state index contributed by atoms with van der Waals surface area (Å²) in [6.07, 6.45) is 0. The average molecular weight is 430 g/mol. The van der Waals surface area contributed by atoms with Crippen molar-refractivity contribution in [3.05, 3.63) is 65.7 Å². The average Bonchev–Trinajstić information content (AvgIpc) is 3.51. The maximum Gasteiger partial charge on any atom is 0.167 e. The fourth-order valence-electron chi connectivity index (χ4n) is 3.32. The standard InChI is InChI=1S/C21H19N5O.2ClH/c1-5-16(20-22-9-10-23-20)6-2-14(1)18-13-19(27-26-18)15-3-7-17(8-4-15)21-24-11-12-25-21;;/h1-8,13H,9-12H2,(H,22,23)(H,24,25);2*1H. The van der Waals surface area contributed by atoms with Crippen LogP contribution >= 0.6 is 24.8 Å². The minimum Gasteiger partial charge on any atom is -0.368 e. The highest BCUT2D eigenvalue weighted by Crippen LogP contribution is 2.26.